The lowest BCUT2D eigenvalue weighted by Crippen LogP contribution is -2.00. The molecule has 1 heterocycles. The van der Waals surface area contributed by atoms with Crippen molar-refractivity contribution in [1.82, 2.24) is 10.2 Å². The van der Waals surface area contributed by atoms with Gasteiger partial charge in [0.25, 0.3) is 0 Å². The first-order valence-electron chi connectivity index (χ1n) is 6.88. The molecule has 0 fully saturated rings. The van der Waals surface area contributed by atoms with Gasteiger partial charge in [-0.1, -0.05) is 42.5 Å². The van der Waals surface area contributed by atoms with E-state index >= 15 is 0 Å². The Labute approximate surface area is 123 Å². The van der Waals surface area contributed by atoms with Gasteiger partial charge in [0.2, 0.25) is 0 Å². The summed E-state index contributed by atoms with van der Waals surface area (Å²) in [6.45, 7) is 0.728. The quantitative estimate of drug-likeness (QED) is 0.672. The molecule has 3 rings (SSSR count). The van der Waals surface area contributed by atoms with E-state index in [-0.39, 0.29) is 6.61 Å². The summed E-state index contributed by atoms with van der Waals surface area (Å²) in [5.74, 6) is 0. The van der Waals surface area contributed by atoms with E-state index in [0.29, 0.717) is 6.54 Å². The highest BCUT2D eigenvalue weighted by Gasteiger charge is 2.07. The van der Waals surface area contributed by atoms with Gasteiger partial charge < -0.3 is 10.4 Å². The molecule has 0 saturated heterocycles. The van der Waals surface area contributed by atoms with Gasteiger partial charge in [0.15, 0.2) is 0 Å². The van der Waals surface area contributed by atoms with Gasteiger partial charge in [-0.25, -0.2) is 0 Å². The Morgan fingerprint density at radius 2 is 1.90 bits per heavy atom. The monoisotopic (exact) mass is 279 g/mol. The fourth-order valence-electron chi connectivity index (χ4n) is 2.28. The highest BCUT2D eigenvalue weighted by atomic mass is 16.3. The smallest absolute Gasteiger partial charge is 0.0700 e. The number of aliphatic hydroxyl groups is 1. The Kier molecular flexibility index (Phi) is 3.98. The average molecular weight is 279 g/mol. The molecule has 3 N–H and O–H groups in total. The van der Waals surface area contributed by atoms with E-state index in [1.807, 2.05) is 48.7 Å². The van der Waals surface area contributed by atoms with E-state index in [9.17, 15) is 0 Å². The van der Waals surface area contributed by atoms with E-state index in [1.165, 1.54) is 0 Å². The van der Waals surface area contributed by atoms with Crippen molar-refractivity contribution in [3.8, 4) is 11.3 Å². The van der Waals surface area contributed by atoms with Gasteiger partial charge in [-0.15, -0.1) is 0 Å². The second-order valence-electron chi connectivity index (χ2n) is 4.85. The molecule has 21 heavy (non-hydrogen) atoms. The number of aliphatic hydroxyl groups excluding tert-OH is 1. The predicted octanol–water partition coefficient (Wildman–Crippen LogP) is 3.18. The molecular weight excluding hydrogens is 262 g/mol. The molecule has 0 amide bonds. The lowest BCUT2D eigenvalue weighted by Gasteiger charge is -2.08. The summed E-state index contributed by atoms with van der Waals surface area (Å²) in [4.78, 5) is 0. The van der Waals surface area contributed by atoms with Crippen molar-refractivity contribution in [3.05, 3.63) is 71.9 Å². The van der Waals surface area contributed by atoms with Crippen molar-refractivity contribution in [2.24, 2.45) is 0 Å². The minimum atomic E-state index is 0.0521. The highest BCUT2D eigenvalue weighted by Crippen LogP contribution is 2.21. The third-order valence-corrected chi connectivity index (χ3v) is 3.37. The van der Waals surface area contributed by atoms with E-state index in [4.69, 9.17) is 5.11 Å². The summed E-state index contributed by atoms with van der Waals surface area (Å²) in [7, 11) is 0. The second-order valence-corrected chi connectivity index (χ2v) is 4.85. The molecule has 0 unspecified atom stereocenters. The Morgan fingerprint density at radius 3 is 2.71 bits per heavy atom. The average Bonchev–Trinajstić information content (AvgIpc) is 3.02. The number of H-pyrrole nitrogens is 1. The number of hydrogen-bond donors (Lipinski definition) is 3. The Bertz CT molecular complexity index is 707. The van der Waals surface area contributed by atoms with Crippen molar-refractivity contribution < 1.29 is 5.11 Å². The molecule has 0 aliphatic carbocycles. The highest BCUT2D eigenvalue weighted by molar-refractivity contribution is 5.63. The lowest BCUT2D eigenvalue weighted by atomic mass is 10.1. The Hall–Kier alpha value is -2.59. The van der Waals surface area contributed by atoms with Crippen LogP contribution in [0.2, 0.25) is 0 Å². The molecule has 0 radical (unpaired) electrons. The fraction of sp³-hybridized carbons (Fsp3) is 0.118. The van der Waals surface area contributed by atoms with Gasteiger partial charge in [0.05, 0.1) is 18.5 Å². The van der Waals surface area contributed by atoms with Crippen molar-refractivity contribution in [2.45, 2.75) is 13.2 Å². The maximum absolute atomic E-state index is 9.16. The number of benzene rings is 2. The van der Waals surface area contributed by atoms with Crippen molar-refractivity contribution in [1.29, 1.82) is 0 Å². The molecule has 1 aromatic heterocycles. The molecule has 0 saturated carbocycles. The Balaban J connectivity index is 1.76. The maximum Gasteiger partial charge on any atom is 0.0700 e. The minimum absolute atomic E-state index is 0.0521. The van der Waals surface area contributed by atoms with Gasteiger partial charge in [-0.3, -0.25) is 5.10 Å². The van der Waals surface area contributed by atoms with Crippen LogP contribution in [0.15, 0.2) is 60.8 Å². The van der Waals surface area contributed by atoms with Gasteiger partial charge in [0, 0.05) is 17.8 Å². The molecule has 2 aromatic carbocycles. The van der Waals surface area contributed by atoms with Crippen molar-refractivity contribution in [2.75, 3.05) is 5.32 Å². The van der Waals surface area contributed by atoms with Gasteiger partial charge in [-0.2, -0.15) is 5.10 Å². The zero-order chi connectivity index (χ0) is 14.5. The molecule has 0 spiro atoms. The summed E-state index contributed by atoms with van der Waals surface area (Å²) < 4.78 is 0. The van der Waals surface area contributed by atoms with Crippen LogP contribution in [0.5, 0.6) is 0 Å². The zero-order valence-electron chi connectivity index (χ0n) is 11.6. The number of nitrogens with zero attached hydrogens (tertiary/aromatic N) is 1. The first kappa shape index (κ1) is 13.4. The topological polar surface area (TPSA) is 60.9 Å². The first-order chi connectivity index (χ1) is 10.4. The van der Waals surface area contributed by atoms with E-state index < -0.39 is 0 Å². The van der Waals surface area contributed by atoms with Crippen LogP contribution in [0.4, 0.5) is 5.69 Å². The van der Waals surface area contributed by atoms with Crippen molar-refractivity contribution >= 4 is 5.69 Å². The third kappa shape index (κ3) is 3.12. The maximum atomic E-state index is 9.16. The predicted molar refractivity (Wildman–Crippen MR) is 83.7 cm³/mol. The van der Waals surface area contributed by atoms with Crippen LogP contribution in [-0.4, -0.2) is 15.3 Å². The van der Waals surface area contributed by atoms with Crippen LogP contribution < -0.4 is 5.32 Å². The standard InChI is InChI=1S/C17H17N3O/c21-12-13-5-4-8-16(9-13)18-10-15-11-19-20-17(15)14-6-2-1-3-7-14/h1-9,11,18,21H,10,12H2,(H,19,20). The number of anilines is 1. The summed E-state index contributed by atoms with van der Waals surface area (Å²) in [6, 6.07) is 17.9. The number of aromatic nitrogens is 2. The number of nitrogens with one attached hydrogen (secondary N) is 2. The number of hydrogen-bond acceptors (Lipinski definition) is 3. The van der Waals surface area contributed by atoms with Crippen LogP contribution in [-0.2, 0) is 13.2 Å². The fourth-order valence-corrected chi connectivity index (χ4v) is 2.28. The van der Waals surface area contributed by atoms with Crippen LogP contribution in [0.25, 0.3) is 11.3 Å². The number of aromatic amines is 1. The third-order valence-electron chi connectivity index (χ3n) is 3.37. The molecule has 0 atom stereocenters. The SMILES string of the molecule is OCc1cccc(NCc2cn[nH]c2-c2ccccc2)c1. The molecule has 4 nitrogen and oxygen atoms in total. The summed E-state index contributed by atoms with van der Waals surface area (Å²) in [5, 5.41) is 19.7. The van der Waals surface area contributed by atoms with Gasteiger partial charge in [0.1, 0.15) is 0 Å². The molecule has 0 bridgehead atoms. The van der Waals surface area contributed by atoms with Gasteiger partial charge in [-0.05, 0) is 23.3 Å². The van der Waals surface area contributed by atoms with Crippen molar-refractivity contribution in [3.63, 3.8) is 0 Å². The van der Waals surface area contributed by atoms with E-state index in [0.717, 1.165) is 28.1 Å². The molecular formula is C17H17N3O. The van der Waals surface area contributed by atoms with E-state index in [2.05, 4.69) is 27.6 Å². The van der Waals surface area contributed by atoms with E-state index in [1.54, 1.807) is 0 Å². The normalized spacial score (nSPS) is 10.5. The summed E-state index contributed by atoms with van der Waals surface area (Å²) in [6.07, 6.45) is 1.84. The second kappa shape index (κ2) is 6.24. The first-order valence-corrected chi connectivity index (χ1v) is 6.88. The Morgan fingerprint density at radius 1 is 1.05 bits per heavy atom. The number of rotatable bonds is 5. The lowest BCUT2D eigenvalue weighted by molar-refractivity contribution is 0.282. The van der Waals surface area contributed by atoms with Crippen LogP contribution >= 0.6 is 0 Å². The summed E-state index contributed by atoms with van der Waals surface area (Å²) in [5.41, 5.74) is 5.14. The van der Waals surface area contributed by atoms with Gasteiger partial charge >= 0.3 is 0 Å². The molecule has 3 aromatic rings. The van der Waals surface area contributed by atoms with Crippen LogP contribution in [0.3, 0.4) is 0 Å². The van der Waals surface area contributed by atoms with Crippen LogP contribution in [0.1, 0.15) is 11.1 Å². The zero-order valence-corrected chi connectivity index (χ0v) is 11.6. The summed E-state index contributed by atoms with van der Waals surface area (Å²) >= 11 is 0. The van der Waals surface area contributed by atoms with Crippen LogP contribution in [0, 0.1) is 0 Å². The molecule has 0 aliphatic rings. The largest absolute Gasteiger partial charge is 0.392 e. The molecule has 4 heteroatoms. The molecule has 106 valence electrons. The molecule has 0 aliphatic heterocycles. The minimum Gasteiger partial charge on any atom is -0.392 e.